The molecular weight excluding hydrogens is 314 g/mol. The Hall–Kier alpha value is -1.65. The fraction of sp³-hybridized carbons (Fsp3) is 0.125. The van der Waals surface area contributed by atoms with Crippen molar-refractivity contribution >= 4 is 33.0 Å². The van der Waals surface area contributed by atoms with E-state index >= 15 is 0 Å². The number of rotatable bonds is 3. The lowest BCUT2D eigenvalue weighted by Gasteiger charge is -2.09. The fourth-order valence-corrected chi connectivity index (χ4v) is 3.58. The molecule has 1 heterocycles. The number of alkyl halides is 1. The van der Waals surface area contributed by atoms with Crippen molar-refractivity contribution in [2.24, 2.45) is 0 Å². The molecular formula is C16H11ClF2OS. The van der Waals surface area contributed by atoms with Gasteiger partial charge in [-0.1, -0.05) is 12.1 Å². The van der Waals surface area contributed by atoms with Gasteiger partial charge in [-0.15, -0.1) is 22.9 Å². The number of hydrogen-bond donors (Lipinski definition) is 0. The van der Waals surface area contributed by atoms with Crippen molar-refractivity contribution in [2.75, 3.05) is 7.11 Å². The van der Waals surface area contributed by atoms with Gasteiger partial charge in [-0.25, -0.2) is 8.78 Å². The minimum absolute atomic E-state index is 0.182. The Morgan fingerprint density at radius 1 is 1.10 bits per heavy atom. The summed E-state index contributed by atoms with van der Waals surface area (Å²) in [7, 11) is 1.41. The molecule has 5 heteroatoms. The highest BCUT2D eigenvalue weighted by atomic mass is 35.5. The van der Waals surface area contributed by atoms with Crippen molar-refractivity contribution in [1.29, 1.82) is 0 Å². The smallest absolute Gasteiger partial charge is 0.165 e. The summed E-state index contributed by atoms with van der Waals surface area (Å²) in [6.45, 7) is 0. The zero-order valence-electron chi connectivity index (χ0n) is 11.1. The van der Waals surface area contributed by atoms with Gasteiger partial charge in [0.1, 0.15) is 5.82 Å². The molecule has 2 aromatic carbocycles. The lowest BCUT2D eigenvalue weighted by Crippen LogP contribution is -1.94. The van der Waals surface area contributed by atoms with E-state index in [1.807, 2.05) is 6.07 Å². The van der Waals surface area contributed by atoms with E-state index in [0.717, 1.165) is 15.0 Å². The number of benzene rings is 2. The highest BCUT2D eigenvalue weighted by Gasteiger charge is 2.16. The van der Waals surface area contributed by atoms with Gasteiger partial charge in [-0.2, -0.15) is 0 Å². The van der Waals surface area contributed by atoms with Gasteiger partial charge in [-0.3, -0.25) is 0 Å². The third-order valence-corrected chi connectivity index (χ3v) is 5.00. The van der Waals surface area contributed by atoms with Crippen molar-refractivity contribution in [3.05, 3.63) is 64.5 Å². The minimum atomic E-state index is -0.481. The molecule has 0 N–H and O–H groups in total. The van der Waals surface area contributed by atoms with Crippen LogP contribution >= 0.6 is 22.9 Å². The van der Waals surface area contributed by atoms with Gasteiger partial charge in [0.05, 0.1) is 12.5 Å². The average Bonchev–Trinajstić information content (AvgIpc) is 2.89. The lowest BCUT2D eigenvalue weighted by molar-refractivity contribution is 0.386. The van der Waals surface area contributed by atoms with E-state index in [1.165, 1.54) is 36.6 Å². The zero-order valence-corrected chi connectivity index (χ0v) is 12.6. The summed E-state index contributed by atoms with van der Waals surface area (Å²) in [5.41, 5.74) is 0.641. The van der Waals surface area contributed by atoms with Crippen LogP contribution in [-0.2, 0) is 0 Å². The number of fused-ring (bicyclic) bond motifs is 1. The molecule has 21 heavy (non-hydrogen) atoms. The second-order valence-corrected chi connectivity index (χ2v) is 6.14. The highest BCUT2D eigenvalue weighted by molar-refractivity contribution is 7.19. The normalized spacial score (nSPS) is 12.6. The van der Waals surface area contributed by atoms with Crippen LogP contribution in [0.15, 0.2) is 42.5 Å². The third-order valence-electron chi connectivity index (χ3n) is 3.22. The molecule has 0 radical (unpaired) electrons. The lowest BCUT2D eigenvalue weighted by atomic mass is 10.1. The molecule has 3 rings (SSSR count). The van der Waals surface area contributed by atoms with Crippen molar-refractivity contribution < 1.29 is 13.5 Å². The van der Waals surface area contributed by atoms with Crippen LogP contribution < -0.4 is 4.74 Å². The summed E-state index contributed by atoms with van der Waals surface area (Å²) in [4.78, 5) is 0.849. The summed E-state index contributed by atoms with van der Waals surface area (Å²) in [5.74, 6) is -0.550. The quantitative estimate of drug-likeness (QED) is 0.577. The maximum absolute atomic E-state index is 13.8. The Labute approximate surface area is 129 Å². The van der Waals surface area contributed by atoms with Crippen molar-refractivity contribution in [3.63, 3.8) is 0 Å². The molecule has 1 nitrogen and oxygen atoms in total. The van der Waals surface area contributed by atoms with Crippen molar-refractivity contribution in [2.45, 2.75) is 5.38 Å². The van der Waals surface area contributed by atoms with Crippen molar-refractivity contribution in [3.8, 4) is 5.75 Å². The first-order valence-electron chi connectivity index (χ1n) is 6.25. The summed E-state index contributed by atoms with van der Waals surface area (Å²) < 4.78 is 32.7. The standard InChI is InChI=1S/C16H11ClF2OS/c1-20-13-5-3-10(6-12(13)19)16(17)15-7-9-2-4-11(18)8-14(9)21-15/h2-8,16H,1H3. The molecule has 0 aliphatic heterocycles. The molecule has 0 aliphatic rings. The van der Waals surface area contributed by atoms with E-state index in [-0.39, 0.29) is 11.6 Å². The Morgan fingerprint density at radius 2 is 1.90 bits per heavy atom. The van der Waals surface area contributed by atoms with Gasteiger partial charge in [-0.05, 0) is 41.3 Å². The van der Waals surface area contributed by atoms with Gasteiger partial charge < -0.3 is 4.74 Å². The van der Waals surface area contributed by atoms with Gasteiger partial charge in [0.15, 0.2) is 11.6 Å². The van der Waals surface area contributed by atoms with Gasteiger partial charge >= 0.3 is 0 Å². The Kier molecular flexibility index (Phi) is 3.83. The Morgan fingerprint density at radius 3 is 2.62 bits per heavy atom. The molecule has 108 valence electrons. The second-order valence-electron chi connectivity index (χ2n) is 4.59. The van der Waals surface area contributed by atoms with Crippen molar-refractivity contribution in [1.82, 2.24) is 0 Å². The van der Waals surface area contributed by atoms with Crippen LogP contribution in [0.2, 0.25) is 0 Å². The van der Waals surface area contributed by atoms with Crippen LogP contribution in [0.25, 0.3) is 10.1 Å². The molecule has 3 aromatic rings. The molecule has 1 aromatic heterocycles. The number of methoxy groups -OCH3 is 1. The largest absolute Gasteiger partial charge is 0.494 e. The number of hydrogen-bond acceptors (Lipinski definition) is 2. The van der Waals surface area contributed by atoms with E-state index in [0.29, 0.717) is 5.56 Å². The summed E-state index contributed by atoms with van der Waals surface area (Å²) in [5, 5.41) is 0.446. The SMILES string of the molecule is COc1ccc(C(Cl)c2cc3ccc(F)cc3s2)cc1F. The first kappa shape index (κ1) is 14.3. The van der Waals surface area contributed by atoms with Crippen LogP contribution in [0.4, 0.5) is 8.78 Å². The number of ether oxygens (including phenoxy) is 1. The highest BCUT2D eigenvalue weighted by Crippen LogP contribution is 2.38. The summed E-state index contributed by atoms with van der Waals surface area (Å²) in [6, 6.07) is 11.1. The van der Waals surface area contributed by atoms with Crippen LogP contribution in [-0.4, -0.2) is 7.11 Å². The minimum Gasteiger partial charge on any atom is -0.494 e. The molecule has 0 aliphatic carbocycles. The summed E-state index contributed by atoms with van der Waals surface area (Å²) in [6.07, 6.45) is 0. The first-order chi connectivity index (χ1) is 10.1. The Bertz CT molecular complexity index is 800. The molecule has 0 amide bonds. The van der Waals surface area contributed by atoms with Crippen LogP contribution in [0.1, 0.15) is 15.8 Å². The summed E-state index contributed by atoms with van der Waals surface area (Å²) >= 11 is 7.82. The van der Waals surface area contributed by atoms with E-state index in [1.54, 1.807) is 18.2 Å². The predicted octanol–water partition coefficient (Wildman–Crippen LogP) is 5.52. The molecule has 0 bridgehead atoms. The second kappa shape index (κ2) is 5.62. The Balaban J connectivity index is 1.99. The molecule has 1 unspecified atom stereocenters. The predicted molar refractivity (Wildman–Crippen MR) is 82.4 cm³/mol. The van der Waals surface area contributed by atoms with Gasteiger partial charge in [0, 0.05) is 9.58 Å². The first-order valence-corrected chi connectivity index (χ1v) is 7.50. The van der Waals surface area contributed by atoms with E-state index < -0.39 is 11.2 Å². The maximum atomic E-state index is 13.8. The molecule has 0 saturated carbocycles. The molecule has 0 saturated heterocycles. The fourth-order valence-electron chi connectivity index (χ4n) is 2.15. The average molecular weight is 325 g/mol. The monoisotopic (exact) mass is 324 g/mol. The molecule has 1 atom stereocenters. The third kappa shape index (κ3) is 2.74. The van der Waals surface area contributed by atoms with E-state index in [2.05, 4.69) is 0 Å². The van der Waals surface area contributed by atoms with E-state index in [4.69, 9.17) is 16.3 Å². The van der Waals surface area contributed by atoms with Crippen LogP contribution in [0, 0.1) is 11.6 Å². The van der Waals surface area contributed by atoms with Gasteiger partial charge in [0.2, 0.25) is 0 Å². The van der Waals surface area contributed by atoms with Crippen LogP contribution in [0.5, 0.6) is 5.75 Å². The maximum Gasteiger partial charge on any atom is 0.165 e. The molecule has 0 spiro atoms. The molecule has 0 fully saturated rings. The zero-order chi connectivity index (χ0) is 15.0. The number of thiophene rings is 1. The van der Waals surface area contributed by atoms with Crippen LogP contribution in [0.3, 0.4) is 0 Å². The van der Waals surface area contributed by atoms with E-state index in [9.17, 15) is 8.78 Å². The number of halogens is 3. The van der Waals surface area contributed by atoms with Gasteiger partial charge in [0.25, 0.3) is 0 Å². The topological polar surface area (TPSA) is 9.23 Å².